The van der Waals surface area contributed by atoms with Gasteiger partial charge in [0.25, 0.3) is 0 Å². The van der Waals surface area contributed by atoms with Crippen LogP contribution in [-0.2, 0) is 38.1 Å². The van der Waals surface area contributed by atoms with Gasteiger partial charge in [-0.1, -0.05) is 34.6 Å². The van der Waals surface area contributed by atoms with Crippen LogP contribution in [0.4, 0.5) is 0 Å². The van der Waals surface area contributed by atoms with Gasteiger partial charge in [-0.2, -0.15) is 0 Å². The predicted molar refractivity (Wildman–Crippen MR) is 160 cm³/mol. The van der Waals surface area contributed by atoms with Crippen LogP contribution in [0.1, 0.15) is 74.7 Å². The van der Waals surface area contributed by atoms with Gasteiger partial charge in [-0.15, -0.1) is 0 Å². The second-order valence-electron chi connectivity index (χ2n) is 17.5. The Labute approximate surface area is 274 Å². The Bertz CT molecular complexity index is 1410. The van der Waals surface area contributed by atoms with Crippen LogP contribution in [0.2, 0.25) is 0 Å². The molecule has 5 saturated carbocycles. The van der Waals surface area contributed by atoms with Crippen molar-refractivity contribution >= 4 is 17.7 Å². The summed E-state index contributed by atoms with van der Waals surface area (Å²) in [6.07, 6.45) is -5.18. The minimum Gasteiger partial charge on any atom is -0.462 e. The maximum absolute atomic E-state index is 14.4. The first-order valence-corrected chi connectivity index (χ1v) is 17.5. The fourth-order valence-corrected chi connectivity index (χ4v) is 13.0. The molecule has 3 aliphatic heterocycles. The first-order chi connectivity index (χ1) is 21.8. The van der Waals surface area contributed by atoms with Crippen LogP contribution in [-0.4, -0.2) is 98.6 Å². The monoisotopic (exact) mass is 662 g/mol. The van der Waals surface area contributed by atoms with Crippen molar-refractivity contribution < 1.29 is 58.5 Å². The molecule has 4 N–H and O–H groups in total. The van der Waals surface area contributed by atoms with Crippen molar-refractivity contribution in [3.05, 3.63) is 0 Å². The Morgan fingerprint density at radius 1 is 1.04 bits per heavy atom. The highest BCUT2D eigenvalue weighted by Crippen LogP contribution is 2.80. The average molecular weight is 663 g/mol. The van der Waals surface area contributed by atoms with Crippen LogP contribution in [0.15, 0.2) is 0 Å². The van der Waals surface area contributed by atoms with Crippen molar-refractivity contribution in [2.75, 3.05) is 0 Å². The van der Waals surface area contributed by atoms with Crippen LogP contribution < -0.4 is 0 Å². The molecule has 0 radical (unpaired) electrons. The zero-order chi connectivity index (χ0) is 34.1. The van der Waals surface area contributed by atoms with E-state index in [1.54, 1.807) is 6.92 Å². The predicted octanol–water partition coefficient (Wildman–Crippen LogP) is 1.33. The molecule has 0 bridgehead atoms. The number of epoxide rings is 2. The third-order valence-corrected chi connectivity index (χ3v) is 15.1. The Kier molecular flexibility index (Phi) is 6.61. The van der Waals surface area contributed by atoms with Gasteiger partial charge in [-0.25, -0.2) is 4.79 Å². The number of carbonyl (C=O) groups excluding carboxylic acids is 3. The summed E-state index contributed by atoms with van der Waals surface area (Å²) >= 11 is 0. The number of aliphatic hydroxyl groups is 4. The Morgan fingerprint density at radius 3 is 2.36 bits per heavy atom. The normalized spacial score (nSPS) is 60.2. The zero-order valence-electron chi connectivity index (χ0n) is 28.4. The van der Waals surface area contributed by atoms with Gasteiger partial charge in [-0.3, -0.25) is 9.59 Å². The molecule has 0 aromatic heterocycles. The number of esters is 2. The molecule has 12 nitrogen and oxygen atoms in total. The number of hydrogen-bond acceptors (Lipinski definition) is 12. The van der Waals surface area contributed by atoms with Crippen molar-refractivity contribution in [1.82, 2.24) is 0 Å². The third-order valence-electron chi connectivity index (χ3n) is 15.1. The molecule has 8 aliphatic rings. The van der Waals surface area contributed by atoms with E-state index in [1.807, 2.05) is 34.6 Å². The zero-order valence-corrected chi connectivity index (χ0v) is 28.4. The van der Waals surface area contributed by atoms with E-state index in [2.05, 4.69) is 0 Å². The molecule has 5 aliphatic carbocycles. The van der Waals surface area contributed by atoms with Crippen LogP contribution in [0.5, 0.6) is 0 Å². The van der Waals surface area contributed by atoms with Gasteiger partial charge in [-0.05, 0) is 50.4 Å². The summed E-state index contributed by atoms with van der Waals surface area (Å²) in [6.45, 7) is 14.4. The fraction of sp³-hybridized carbons (Fsp3) is 0.914. The van der Waals surface area contributed by atoms with Crippen molar-refractivity contribution in [2.45, 2.75) is 135 Å². The van der Waals surface area contributed by atoms with Gasteiger partial charge in [0.05, 0.1) is 23.7 Å². The topological polar surface area (TPSA) is 185 Å². The second-order valence-corrected chi connectivity index (χ2v) is 17.5. The summed E-state index contributed by atoms with van der Waals surface area (Å²) in [5.74, 6) is -7.03. The third kappa shape index (κ3) is 3.61. The van der Waals surface area contributed by atoms with Gasteiger partial charge in [0.1, 0.15) is 24.4 Å². The molecule has 12 heteroatoms. The average Bonchev–Trinajstić information content (AvgIpc) is 3.87. The number of aliphatic hydroxyl groups excluding tert-OH is 3. The van der Waals surface area contributed by atoms with Crippen LogP contribution >= 0.6 is 0 Å². The smallest absolute Gasteiger partial charge is 0.341 e. The van der Waals surface area contributed by atoms with Gasteiger partial charge < -0.3 is 44.1 Å². The van der Waals surface area contributed by atoms with Crippen molar-refractivity contribution in [2.24, 2.45) is 63.6 Å². The number of ether oxygens (including phenoxy) is 5. The van der Waals surface area contributed by atoms with E-state index in [4.69, 9.17) is 23.7 Å². The van der Waals surface area contributed by atoms with Crippen molar-refractivity contribution in [3.8, 4) is 0 Å². The maximum Gasteiger partial charge on any atom is 0.341 e. The molecule has 262 valence electrons. The highest BCUT2D eigenvalue weighted by Gasteiger charge is 2.92. The molecule has 3 heterocycles. The van der Waals surface area contributed by atoms with Crippen LogP contribution in [0.25, 0.3) is 0 Å². The first kappa shape index (κ1) is 32.5. The van der Waals surface area contributed by atoms with Crippen molar-refractivity contribution in [3.63, 3.8) is 0 Å². The number of hydrogen-bond donors (Lipinski definition) is 4. The molecule has 0 aromatic rings. The number of rotatable bonds is 5. The van der Waals surface area contributed by atoms with Gasteiger partial charge in [0, 0.05) is 47.8 Å². The summed E-state index contributed by atoms with van der Waals surface area (Å²) in [6, 6.07) is 0. The van der Waals surface area contributed by atoms with E-state index < -0.39 is 112 Å². The minimum atomic E-state index is -2.00. The highest BCUT2D eigenvalue weighted by atomic mass is 16.8. The highest BCUT2D eigenvalue weighted by molar-refractivity contribution is 5.88. The number of carbonyl (C=O) groups is 3. The SMILES string of the molecule is CC(=O)O[C@H]1C[C@H]2[C@H]([C@@H]3[C@@H](O)[C@@H]4[C@H]([C@H](C)[C@@H]5O[C@@]56OC(=O)[C@@](C)(O)[C@]46C)[C@]31C)[C@@H](O)C(=O)[C@H]1C[C@@H]3O[C@@H]3[C@H](OC(O)CC(C)C)[C@@]12C. The molecule has 3 saturated heterocycles. The molecule has 8 fully saturated rings. The lowest BCUT2D eigenvalue weighted by molar-refractivity contribution is -0.255. The molecule has 1 unspecified atom stereocenters. The summed E-state index contributed by atoms with van der Waals surface area (Å²) in [7, 11) is 0. The molecular weight excluding hydrogens is 612 g/mol. The van der Waals surface area contributed by atoms with Gasteiger partial charge >= 0.3 is 11.9 Å². The summed E-state index contributed by atoms with van der Waals surface area (Å²) in [5.41, 5.74) is -5.29. The lowest BCUT2D eigenvalue weighted by Gasteiger charge is -2.63. The summed E-state index contributed by atoms with van der Waals surface area (Å²) in [5, 5.41) is 47.6. The van der Waals surface area contributed by atoms with E-state index in [0.29, 0.717) is 12.8 Å². The second kappa shape index (κ2) is 9.56. The Morgan fingerprint density at radius 2 is 1.72 bits per heavy atom. The molecule has 20 atom stereocenters. The Hall–Kier alpha value is -1.67. The fourth-order valence-electron chi connectivity index (χ4n) is 13.0. The van der Waals surface area contributed by atoms with Gasteiger partial charge in [0.2, 0.25) is 5.79 Å². The molecular formula is C35H50O12. The lowest BCUT2D eigenvalue weighted by atomic mass is 9.41. The summed E-state index contributed by atoms with van der Waals surface area (Å²) < 4.78 is 30.7. The quantitative estimate of drug-likeness (QED) is 0.188. The molecule has 1 spiro atoms. The standard InChI is InChI=1S/C35H50O12/c1-12(2)9-19(37)45-29-27-17(44-27)10-16-24(38)25(39)20-15(31(16,29)5)11-18(43-14(4)36)32(6)21-13(3)28-35(46-28)33(7,23(21)26(40)22(20)32)34(8,42)30(41)47-35/h12-13,15-23,25-29,37,39-40,42H,9-11H2,1-8H3/t13-,15-,16+,17-,18-,19?,20+,21-,22+,23-,25+,26+,27-,28-,29-,31+,32+,33-,34+,35+/m0/s1. The van der Waals surface area contributed by atoms with E-state index in [0.717, 1.165) is 0 Å². The van der Waals surface area contributed by atoms with Crippen LogP contribution in [0, 0.1) is 63.6 Å². The van der Waals surface area contributed by atoms with Gasteiger partial charge in [0.15, 0.2) is 17.7 Å². The molecule has 0 aromatic carbocycles. The van der Waals surface area contributed by atoms with E-state index in [9.17, 15) is 34.8 Å². The van der Waals surface area contributed by atoms with E-state index in [-0.39, 0.29) is 36.2 Å². The number of ketones is 1. The number of fused-ring (bicyclic) bond motifs is 9. The number of Topliss-reactive ketones (excluding diaryl/α,β-unsaturated/α-hetero) is 1. The lowest BCUT2D eigenvalue weighted by Crippen LogP contribution is -2.70. The maximum atomic E-state index is 14.4. The largest absolute Gasteiger partial charge is 0.462 e. The van der Waals surface area contributed by atoms with E-state index in [1.165, 1.54) is 13.8 Å². The molecule has 8 rings (SSSR count). The molecule has 0 amide bonds. The molecule has 47 heavy (non-hydrogen) atoms. The van der Waals surface area contributed by atoms with Crippen LogP contribution in [0.3, 0.4) is 0 Å². The summed E-state index contributed by atoms with van der Waals surface area (Å²) in [4.78, 5) is 40.4. The van der Waals surface area contributed by atoms with Crippen molar-refractivity contribution in [1.29, 1.82) is 0 Å². The first-order valence-electron chi connectivity index (χ1n) is 17.5. The Balaban J connectivity index is 1.28. The minimum absolute atomic E-state index is 0.155. The van der Waals surface area contributed by atoms with E-state index >= 15 is 0 Å².